The molecule has 1 amide bonds. The molecule has 0 aromatic heterocycles. The van der Waals surface area contributed by atoms with Gasteiger partial charge >= 0.3 is 5.97 Å². The molecule has 0 radical (unpaired) electrons. The van der Waals surface area contributed by atoms with Crippen molar-refractivity contribution in [1.82, 2.24) is 0 Å². The van der Waals surface area contributed by atoms with Gasteiger partial charge in [-0.25, -0.2) is 4.79 Å². The van der Waals surface area contributed by atoms with Crippen molar-refractivity contribution in [2.24, 2.45) is 0 Å². The lowest BCUT2D eigenvalue weighted by atomic mass is 10.1. The van der Waals surface area contributed by atoms with Gasteiger partial charge in [-0.3, -0.25) is 4.79 Å². The highest BCUT2D eigenvalue weighted by Gasteiger charge is 2.34. The maximum absolute atomic E-state index is 12.5. The van der Waals surface area contributed by atoms with Gasteiger partial charge in [0.1, 0.15) is 11.3 Å². The summed E-state index contributed by atoms with van der Waals surface area (Å²) in [6.45, 7) is 7.46. The highest BCUT2D eigenvalue weighted by molar-refractivity contribution is 5.96. The minimum absolute atomic E-state index is 0.112. The molecule has 5 heteroatoms. The summed E-state index contributed by atoms with van der Waals surface area (Å²) in [6.07, 6.45) is 3.50. The van der Waals surface area contributed by atoms with E-state index in [-0.39, 0.29) is 5.91 Å². The van der Waals surface area contributed by atoms with E-state index in [1.807, 2.05) is 24.3 Å². The fourth-order valence-corrected chi connectivity index (χ4v) is 4.04. The Bertz CT molecular complexity index is 1310. The van der Waals surface area contributed by atoms with Crippen LogP contribution in [0.3, 0.4) is 0 Å². The van der Waals surface area contributed by atoms with Gasteiger partial charge in [-0.05, 0) is 60.4 Å². The second kappa shape index (κ2) is 10.7. The van der Waals surface area contributed by atoms with Crippen LogP contribution in [-0.2, 0) is 22.5 Å². The Labute approximate surface area is 213 Å². The van der Waals surface area contributed by atoms with E-state index in [9.17, 15) is 9.59 Å². The SMILES string of the molecule is CCCCc1ccc(C#Cc2ccc(CN(C(C)=O)c3ccc4c(c3)OC(C)(C)OC4=O)cc2)cc1. The lowest BCUT2D eigenvalue weighted by Gasteiger charge is -2.32. The van der Waals surface area contributed by atoms with Crippen LogP contribution in [0, 0.1) is 11.8 Å². The second-order valence-electron chi connectivity index (χ2n) is 9.42. The van der Waals surface area contributed by atoms with Crippen LogP contribution in [0.15, 0.2) is 66.7 Å². The van der Waals surface area contributed by atoms with Gasteiger partial charge in [0.15, 0.2) is 0 Å². The van der Waals surface area contributed by atoms with Crippen LogP contribution >= 0.6 is 0 Å². The Kier molecular flexibility index (Phi) is 7.45. The number of carbonyl (C=O) groups is 2. The van der Waals surface area contributed by atoms with E-state index in [1.165, 1.54) is 25.3 Å². The van der Waals surface area contributed by atoms with Crippen LogP contribution in [0.2, 0.25) is 0 Å². The maximum atomic E-state index is 12.5. The zero-order valence-corrected chi connectivity index (χ0v) is 21.3. The fraction of sp³-hybridized carbons (Fsp3) is 0.290. The van der Waals surface area contributed by atoms with Crippen LogP contribution in [0.25, 0.3) is 0 Å². The summed E-state index contributed by atoms with van der Waals surface area (Å²) in [5.74, 6) is 5.23. The standard InChI is InChI=1S/C31H31NO4/c1-5-6-7-23-8-10-24(11-9-23)12-13-25-14-16-26(17-15-25)21-32(22(2)33)27-18-19-28-29(20-27)35-31(3,4)36-30(28)34/h8-11,14-20H,5-7,21H2,1-4H3. The monoisotopic (exact) mass is 481 g/mol. The van der Waals surface area contributed by atoms with Gasteiger partial charge in [-0.1, -0.05) is 49.5 Å². The number of carbonyl (C=O) groups excluding carboxylic acids is 2. The summed E-state index contributed by atoms with van der Waals surface area (Å²) >= 11 is 0. The molecule has 3 aromatic carbocycles. The molecule has 0 N–H and O–H groups in total. The molecular weight excluding hydrogens is 450 g/mol. The van der Waals surface area contributed by atoms with Gasteiger partial charge in [0.05, 0.1) is 6.54 Å². The van der Waals surface area contributed by atoms with E-state index >= 15 is 0 Å². The Balaban J connectivity index is 1.47. The Hall–Kier alpha value is -4.04. The van der Waals surface area contributed by atoms with Crippen LogP contribution in [0.1, 0.15) is 73.1 Å². The number of cyclic esters (lactones) is 1. The molecule has 1 heterocycles. The number of hydrogen-bond acceptors (Lipinski definition) is 4. The van der Waals surface area contributed by atoms with Crippen molar-refractivity contribution >= 4 is 17.6 Å². The molecule has 0 atom stereocenters. The third-order valence-corrected chi connectivity index (χ3v) is 5.99. The van der Waals surface area contributed by atoms with Crippen molar-refractivity contribution in [2.45, 2.75) is 59.3 Å². The van der Waals surface area contributed by atoms with Crippen molar-refractivity contribution in [1.29, 1.82) is 0 Å². The maximum Gasteiger partial charge on any atom is 0.345 e. The molecule has 0 bridgehead atoms. The molecule has 4 rings (SSSR count). The van der Waals surface area contributed by atoms with Gasteiger partial charge in [0.25, 0.3) is 0 Å². The molecular formula is C31H31NO4. The normalized spacial score (nSPS) is 13.5. The average molecular weight is 482 g/mol. The molecule has 0 saturated carbocycles. The number of hydrogen-bond donors (Lipinski definition) is 0. The zero-order valence-electron chi connectivity index (χ0n) is 21.3. The minimum Gasteiger partial charge on any atom is -0.452 e. The first-order chi connectivity index (χ1) is 17.2. The zero-order chi connectivity index (χ0) is 25.7. The number of rotatable bonds is 6. The molecule has 0 saturated heterocycles. The van der Waals surface area contributed by atoms with Crippen molar-refractivity contribution in [3.63, 3.8) is 0 Å². The Morgan fingerprint density at radius 3 is 2.08 bits per heavy atom. The van der Waals surface area contributed by atoms with E-state index in [0.717, 1.165) is 23.1 Å². The number of aryl methyl sites for hydroxylation is 1. The number of esters is 1. The fourth-order valence-electron chi connectivity index (χ4n) is 4.04. The summed E-state index contributed by atoms with van der Waals surface area (Å²) in [5, 5.41) is 0. The van der Waals surface area contributed by atoms with E-state index in [0.29, 0.717) is 23.5 Å². The molecule has 184 valence electrons. The molecule has 0 fully saturated rings. The minimum atomic E-state index is -1.06. The first-order valence-electron chi connectivity index (χ1n) is 12.3. The summed E-state index contributed by atoms with van der Waals surface area (Å²) in [5.41, 5.74) is 5.21. The van der Waals surface area contributed by atoms with E-state index < -0.39 is 11.8 Å². The molecule has 5 nitrogen and oxygen atoms in total. The first-order valence-corrected chi connectivity index (χ1v) is 12.3. The third kappa shape index (κ3) is 6.14. The van der Waals surface area contributed by atoms with Crippen molar-refractivity contribution in [3.05, 3.63) is 94.5 Å². The third-order valence-electron chi connectivity index (χ3n) is 5.99. The summed E-state index contributed by atoms with van der Waals surface area (Å²) < 4.78 is 11.1. The number of unbranched alkanes of at least 4 members (excludes halogenated alkanes) is 1. The van der Waals surface area contributed by atoms with Crippen LogP contribution in [-0.4, -0.2) is 17.7 Å². The molecule has 0 unspecified atom stereocenters. The molecule has 36 heavy (non-hydrogen) atoms. The van der Waals surface area contributed by atoms with Crippen LogP contribution in [0.5, 0.6) is 5.75 Å². The average Bonchev–Trinajstić information content (AvgIpc) is 2.85. The first kappa shape index (κ1) is 25.1. The highest BCUT2D eigenvalue weighted by Crippen LogP contribution is 2.34. The van der Waals surface area contributed by atoms with Crippen molar-refractivity contribution in [2.75, 3.05) is 4.90 Å². The van der Waals surface area contributed by atoms with Crippen molar-refractivity contribution in [3.8, 4) is 17.6 Å². The van der Waals surface area contributed by atoms with E-state index in [4.69, 9.17) is 9.47 Å². The van der Waals surface area contributed by atoms with Gasteiger partial charge in [-0.15, -0.1) is 0 Å². The van der Waals surface area contributed by atoms with Gasteiger partial charge < -0.3 is 14.4 Å². The van der Waals surface area contributed by atoms with Crippen molar-refractivity contribution < 1.29 is 19.1 Å². The largest absolute Gasteiger partial charge is 0.452 e. The predicted octanol–water partition coefficient (Wildman–Crippen LogP) is 6.27. The van der Waals surface area contributed by atoms with Crippen LogP contribution < -0.4 is 9.64 Å². The van der Waals surface area contributed by atoms with E-state index in [2.05, 4.69) is 43.0 Å². The summed E-state index contributed by atoms with van der Waals surface area (Å²) in [6, 6.07) is 21.4. The Morgan fingerprint density at radius 1 is 0.889 bits per heavy atom. The second-order valence-corrected chi connectivity index (χ2v) is 9.42. The Morgan fingerprint density at radius 2 is 1.50 bits per heavy atom. The number of anilines is 1. The topological polar surface area (TPSA) is 55.8 Å². The number of nitrogens with zero attached hydrogens (tertiary/aromatic N) is 1. The van der Waals surface area contributed by atoms with Gasteiger partial charge in [-0.2, -0.15) is 0 Å². The van der Waals surface area contributed by atoms with Gasteiger partial charge in [0, 0.05) is 43.7 Å². The number of ether oxygens (including phenoxy) is 2. The summed E-state index contributed by atoms with van der Waals surface area (Å²) in [7, 11) is 0. The molecule has 1 aliphatic heterocycles. The quantitative estimate of drug-likeness (QED) is 0.308. The smallest absolute Gasteiger partial charge is 0.345 e. The molecule has 3 aromatic rings. The molecule has 0 aliphatic carbocycles. The lowest BCUT2D eigenvalue weighted by Crippen LogP contribution is -2.39. The molecule has 1 aliphatic rings. The van der Waals surface area contributed by atoms with Gasteiger partial charge in [0.2, 0.25) is 11.7 Å². The highest BCUT2D eigenvalue weighted by atomic mass is 16.7. The summed E-state index contributed by atoms with van der Waals surface area (Å²) in [4.78, 5) is 26.4. The van der Waals surface area contributed by atoms with Crippen LogP contribution in [0.4, 0.5) is 5.69 Å². The predicted molar refractivity (Wildman–Crippen MR) is 141 cm³/mol. The number of benzene rings is 3. The lowest BCUT2D eigenvalue weighted by molar-refractivity contribution is -0.127. The molecule has 0 spiro atoms. The number of amides is 1. The number of fused-ring (bicyclic) bond motifs is 1. The van der Waals surface area contributed by atoms with E-state index in [1.54, 1.807) is 36.9 Å².